The first kappa shape index (κ1) is 17.4. The minimum atomic E-state index is -4.39. The van der Waals surface area contributed by atoms with Crippen LogP contribution in [-0.4, -0.2) is 44.1 Å². The van der Waals surface area contributed by atoms with Crippen LogP contribution < -0.4 is 0 Å². The van der Waals surface area contributed by atoms with E-state index < -0.39 is 11.7 Å². The fourth-order valence-electron chi connectivity index (χ4n) is 2.87. The number of alkyl halides is 3. The number of aromatic nitrogens is 4. The molecule has 1 aliphatic heterocycles. The van der Waals surface area contributed by atoms with Crippen LogP contribution in [-0.2, 0) is 17.5 Å². The average Bonchev–Trinajstić information content (AvgIpc) is 3.02. The largest absolute Gasteiger partial charge is 0.416 e. The minimum Gasteiger partial charge on any atom is -0.341 e. The van der Waals surface area contributed by atoms with Crippen molar-refractivity contribution in [3.8, 4) is 11.4 Å². The maximum absolute atomic E-state index is 12.6. The van der Waals surface area contributed by atoms with Crippen LogP contribution in [0.25, 0.3) is 11.4 Å². The van der Waals surface area contributed by atoms with Crippen molar-refractivity contribution in [3.05, 3.63) is 29.8 Å². The number of carbonyl (C=O) groups is 1. The second-order valence-corrected chi connectivity index (χ2v) is 6.31. The van der Waals surface area contributed by atoms with Gasteiger partial charge in [0, 0.05) is 18.7 Å². The summed E-state index contributed by atoms with van der Waals surface area (Å²) in [5.41, 5.74) is -0.323. The Morgan fingerprint density at radius 2 is 2.00 bits per heavy atom. The quantitative estimate of drug-likeness (QED) is 0.851. The van der Waals surface area contributed by atoms with Gasteiger partial charge in [-0.3, -0.25) is 4.79 Å². The lowest BCUT2D eigenvalue weighted by Crippen LogP contribution is -2.41. The van der Waals surface area contributed by atoms with E-state index in [1.807, 2.05) is 0 Å². The molecule has 0 radical (unpaired) electrons. The van der Waals surface area contributed by atoms with Crippen molar-refractivity contribution in [3.63, 3.8) is 0 Å². The van der Waals surface area contributed by atoms with E-state index in [2.05, 4.69) is 22.3 Å². The molecule has 1 fully saturated rings. The van der Waals surface area contributed by atoms with Gasteiger partial charge in [0.25, 0.3) is 0 Å². The van der Waals surface area contributed by atoms with Crippen molar-refractivity contribution in [1.29, 1.82) is 0 Å². The van der Waals surface area contributed by atoms with Gasteiger partial charge in [0.05, 0.1) is 5.56 Å². The van der Waals surface area contributed by atoms with Crippen molar-refractivity contribution < 1.29 is 18.0 Å². The highest BCUT2D eigenvalue weighted by atomic mass is 19.4. The van der Waals surface area contributed by atoms with E-state index in [0.717, 1.165) is 38.1 Å². The number of benzene rings is 1. The van der Waals surface area contributed by atoms with Gasteiger partial charge < -0.3 is 4.90 Å². The third-order valence-electron chi connectivity index (χ3n) is 4.21. The molecule has 2 aromatic rings. The van der Waals surface area contributed by atoms with Gasteiger partial charge in [0.15, 0.2) is 0 Å². The van der Waals surface area contributed by atoms with Crippen molar-refractivity contribution in [2.24, 2.45) is 5.92 Å². The number of nitrogens with zero attached hydrogens (tertiary/aromatic N) is 5. The Balaban J connectivity index is 1.67. The fourth-order valence-corrected chi connectivity index (χ4v) is 2.87. The molecule has 6 nitrogen and oxygen atoms in total. The number of hydrogen-bond donors (Lipinski definition) is 0. The number of halogens is 3. The molecule has 9 heteroatoms. The molecule has 0 unspecified atom stereocenters. The zero-order valence-corrected chi connectivity index (χ0v) is 13.7. The number of carbonyl (C=O) groups excluding carboxylic acids is 1. The highest BCUT2D eigenvalue weighted by Crippen LogP contribution is 2.30. The molecular formula is C16H18F3N5O. The van der Waals surface area contributed by atoms with Crippen LogP contribution in [0.15, 0.2) is 24.3 Å². The third-order valence-corrected chi connectivity index (χ3v) is 4.21. The maximum atomic E-state index is 12.6. The molecule has 25 heavy (non-hydrogen) atoms. The van der Waals surface area contributed by atoms with Gasteiger partial charge in [-0.1, -0.05) is 19.1 Å². The Kier molecular flexibility index (Phi) is 4.73. The molecule has 0 aliphatic carbocycles. The zero-order valence-electron chi connectivity index (χ0n) is 13.7. The van der Waals surface area contributed by atoms with Crippen LogP contribution in [0.4, 0.5) is 13.2 Å². The summed E-state index contributed by atoms with van der Waals surface area (Å²) in [6.07, 6.45) is -2.29. The van der Waals surface area contributed by atoms with Gasteiger partial charge in [0.2, 0.25) is 11.7 Å². The van der Waals surface area contributed by atoms with Gasteiger partial charge in [-0.05, 0) is 36.1 Å². The highest BCUT2D eigenvalue weighted by Gasteiger charge is 2.30. The number of likely N-dealkylation sites (tertiary alicyclic amines) is 1. The first-order valence-electron chi connectivity index (χ1n) is 8.06. The third kappa shape index (κ3) is 4.15. The van der Waals surface area contributed by atoms with E-state index in [4.69, 9.17) is 0 Å². The summed E-state index contributed by atoms with van der Waals surface area (Å²) in [6, 6.07) is 4.52. The second-order valence-electron chi connectivity index (χ2n) is 6.31. The second kappa shape index (κ2) is 6.81. The summed E-state index contributed by atoms with van der Waals surface area (Å²) in [5, 5.41) is 11.7. The Hall–Kier alpha value is -2.45. The first-order chi connectivity index (χ1) is 11.8. The molecule has 134 valence electrons. The lowest BCUT2D eigenvalue weighted by molar-refractivity contribution is -0.137. The summed E-state index contributed by atoms with van der Waals surface area (Å²) in [5.74, 6) is 0.584. The van der Waals surface area contributed by atoms with Gasteiger partial charge in [-0.2, -0.15) is 18.0 Å². The zero-order chi connectivity index (χ0) is 18.0. The van der Waals surface area contributed by atoms with Crippen LogP contribution in [0.3, 0.4) is 0 Å². The molecule has 1 atom stereocenters. The predicted octanol–water partition coefficient (Wildman–Crippen LogP) is 2.62. The van der Waals surface area contributed by atoms with Gasteiger partial charge in [-0.15, -0.1) is 10.2 Å². The van der Waals surface area contributed by atoms with E-state index in [1.54, 1.807) is 4.90 Å². The molecule has 3 rings (SSSR count). The molecule has 1 aromatic heterocycles. The number of amides is 1. The first-order valence-corrected chi connectivity index (χ1v) is 8.06. The number of piperidine rings is 1. The lowest BCUT2D eigenvalue weighted by Gasteiger charge is -2.30. The van der Waals surface area contributed by atoms with Crippen molar-refractivity contribution in [1.82, 2.24) is 25.1 Å². The minimum absolute atomic E-state index is 0.0274. The Morgan fingerprint density at radius 3 is 2.64 bits per heavy atom. The molecule has 0 spiro atoms. The Labute approximate surface area is 142 Å². The molecule has 0 saturated carbocycles. The smallest absolute Gasteiger partial charge is 0.341 e. The molecule has 1 saturated heterocycles. The molecule has 0 bridgehead atoms. The van der Waals surface area contributed by atoms with E-state index in [0.29, 0.717) is 11.5 Å². The van der Waals surface area contributed by atoms with E-state index in [1.165, 1.54) is 16.9 Å². The van der Waals surface area contributed by atoms with Gasteiger partial charge in [-0.25, -0.2) is 0 Å². The average molecular weight is 353 g/mol. The fraction of sp³-hybridized carbons (Fsp3) is 0.500. The van der Waals surface area contributed by atoms with Crippen molar-refractivity contribution in [2.75, 3.05) is 13.1 Å². The van der Waals surface area contributed by atoms with E-state index >= 15 is 0 Å². The monoisotopic (exact) mass is 353 g/mol. The van der Waals surface area contributed by atoms with Crippen molar-refractivity contribution >= 4 is 5.91 Å². The highest BCUT2D eigenvalue weighted by molar-refractivity contribution is 5.75. The molecule has 1 aliphatic rings. The lowest BCUT2D eigenvalue weighted by atomic mass is 10.0. The van der Waals surface area contributed by atoms with Gasteiger partial charge in [0.1, 0.15) is 6.54 Å². The van der Waals surface area contributed by atoms with Crippen LogP contribution in [0.2, 0.25) is 0 Å². The maximum Gasteiger partial charge on any atom is 0.416 e. The predicted molar refractivity (Wildman–Crippen MR) is 83.2 cm³/mol. The standard InChI is InChI=1S/C16H18F3N5O/c1-11-3-2-8-23(9-11)14(25)10-24-21-15(20-22-24)12-4-6-13(7-5-12)16(17,18)19/h4-7,11H,2-3,8-10H2,1H3/t11-/m0/s1. The Morgan fingerprint density at radius 1 is 1.28 bits per heavy atom. The number of rotatable bonds is 3. The molecular weight excluding hydrogens is 335 g/mol. The summed E-state index contributed by atoms with van der Waals surface area (Å²) in [7, 11) is 0. The summed E-state index contributed by atoms with van der Waals surface area (Å²) >= 11 is 0. The topological polar surface area (TPSA) is 63.9 Å². The van der Waals surface area contributed by atoms with Crippen LogP contribution in [0.1, 0.15) is 25.3 Å². The van der Waals surface area contributed by atoms with Crippen LogP contribution in [0, 0.1) is 5.92 Å². The van der Waals surface area contributed by atoms with Gasteiger partial charge >= 0.3 is 6.18 Å². The summed E-state index contributed by atoms with van der Waals surface area (Å²) < 4.78 is 37.8. The Bertz CT molecular complexity index is 741. The van der Waals surface area contributed by atoms with E-state index in [9.17, 15) is 18.0 Å². The van der Waals surface area contributed by atoms with Crippen LogP contribution >= 0.6 is 0 Å². The SMILES string of the molecule is C[C@H]1CCCN(C(=O)Cn2nnc(-c3ccc(C(F)(F)F)cc3)n2)C1. The number of hydrogen-bond acceptors (Lipinski definition) is 4. The number of tetrazole rings is 1. The summed E-state index contributed by atoms with van der Waals surface area (Å²) in [6.45, 7) is 3.53. The molecule has 0 N–H and O–H groups in total. The molecule has 1 aromatic carbocycles. The van der Waals surface area contributed by atoms with Crippen LogP contribution in [0.5, 0.6) is 0 Å². The normalized spacial score (nSPS) is 18.4. The van der Waals surface area contributed by atoms with Crippen molar-refractivity contribution in [2.45, 2.75) is 32.5 Å². The molecule has 1 amide bonds. The molecule has 2 heterocycles. The van der Waals surface area contributed by atoms with E-state index in [-0.39, 0.29) is 18.3 Å². The summed E-state index contributed by atoms with van der Waals surface area (Å²) in [4.78, 5) is 15.2.